The number of rotatable bonds is 2. The molecule has 2 amide bonds. The van der Waals surface area contributed by atoms with E-state index in [1.807, 2.05) is 5.43 Å². The maximum Gasteiger partial charge on any atom is 0.329 e. The van der Waals surface area contributed by atoms with Crippen LogP contribution in [0.3, 0.4) is 0 Å². The van der Waals surface area contributed by atoms with Crippen molar-refractivity contribution in [2.45, 2.75) is 0 Å². The second kappa shape index (κ2) is 4.70. The van der Waals surface area contributed by atoms with Gasteiger partial charge in [-0.1, -0.05) is 6.07 Å². The SMILES string of the molecule is NC(=O)C(=O)N/N=C\c1cccnc1. The molecule has 72 valence electrons. The van der Waals surface area contributed by atoms with E-state index in [0.717, 1.165) is 0 Å². The summed E-state index contributed by atoms with van der Waals surface area (Å²) < 4.78 is 0. The number of hydrazone groups is 1. The number of amides is 2. The molecule has 0 radical (unpaired) electrons. The van der Waals surface area contributed by atoms with Crippen molar-refractivity contribution in [1.29, 1.82) is 0 Å². The van der Waals surface area contributed by atoms with Gasteiger partial charge < -0.3 is 5.73 Å². The number of hydrogen-bond donors (Lipinski definition) is 2. The molecule has 0 aromatic carbocycles. The quantitative estimate of drug-likeness (QED) is 0.358. The predicted molar refractivity (Wildman–Crippen MR) is 49.2 cm³/mol. The fourth-order valence-corrected chi connectivity index (χ4v) is 0.673. The zero-order valence-corrected chi connectivity index (χ0v) is 7.18. The molecule has 0 saturated carbocycles. The Balaban J connectivity index is 2.50. The molecular weight excluding hydrogens is 184 g/mol. The Kier molecular flexibility index (Phi) is 3.31. The van der Waals surface area contributed by atoms with Crippen molar-refractivity contribution in [2.75, 3.05) is 0 Å². The number of aromatic nitrogens is 1. The van der Waals surface area contributed by atoms with Crippen molar-refractivity contribution in [2.24, 2.45) is 10.8 Å². The molecule has 0 spiro atoms. The fourth-order valence-electron chi connectivity index (χ4n) is 0.673. The van der Waals surface area contributed by atoms with Crippen molar-refractivity contribution in [3.05, 3.63) is 30.1 Å². The van der Waals surface area contributed by atoms with E-state index in [1.165, 1.54) is 6.21 Å². The topological polar surface area (TPSA) is 97.4 Å². The van der Waals surface area contributed by atoms with E-state index in [1.54, 1.807) is 24.5 Å². The van der Waals surface area contributed by atoms with E-state index >= 15 is 0 Å². The minimum Gasteiger partial charge on any atom is -0.361 e. The Labute approximate surface area is 79.8 Å². The smallest absolute Gasteiger partial charge is 0.329 e. The van der Waals surface area contributed by atoms with Crippen LogP contribution in [0, 0.1) is 0 Å². The van der Waals surface area contributed by atoms with Crippen LogP contribution in [0.2, 0.25) is 0 Å². The zero-order chi connectivity index (χ0) is 10.4. The number of nitrogens with zero attached hydrogens (tertiary/aromatic N) is 2. The molecule has 1 aromatic heterocycles. The molecule has 0 bridgehead atoms. The van der Waals surface area contributed by atoms with Crippen LogP contribution in [0.25, 0.3) is 0 Å². The lowest BCUT2D eigenvalue weighted by Gasteiger charge is -1.93. The average Bonchev–Trinajstić information content (AvgIpc) is 2.19. The van der Waals surface area contributed by atoms with Gasteiger partial charge in [0.1, 0.15) is 0 Å². The van der Waals surface area contributed by atoms with E-state index in [-0.39, 0.29) is 0 Å². The van der Waals surface area contributed by atoms with Crippen LogP contribution in [0.15, 0.2) is 29.6 Å². The molecule has 14 heavy (non-hydrogen) atoms. The maximum absolute atomic E-state index is 10.6. The van der Waals surface area contributed by atoms with Crippen molar-refractivity contribution >= 4 is 18.0 Å². The van der Waals surface area contributed by atoms with Crippen molar-refractivity contribution in [1.82, 2.24) is 10.4 Å². The lowest BCUT2D eigenvalue weighted by molar-refractivity contribution is -0.137. The van der Waals surface area contributed by atoms with Gasteiger partial charge in [0.05, 0.1) is 6.21 Å². The minimum absolute atomic E-state index is 0.706. The van der Waals surface area contributed by atoms with Gasteiger partial charge in [-0.3, -0.25) is 14.6 Å². The third-order valence-corrected chi connectivity index (χ3v) is 1.29. The summed E-state index contributed by atoms with van der Waals surface area (Å²) in [7, 11) is 0. The highest BCUT2D eigenvalue weighted by molar-refractivity contribution is 6.34. The summed E-state index contributed by atoms with van der Waals surface area (Å²) in [5, 5.41) is 3.50. The maximum atomic E-state index is 10.6. The van der Waals surface area contributed by atoms with Crippen LogP contribution in [-0.2, 0) is 9.59 Å². The van der Waals surface area contributed by atoms with Crippen molar-refractivity contribution in [3.8, 4) is 0 Å². The summed E-state index contributed by atoms with van der Waals surface area (Å²) >= 11 is 0. The van der Waals surface area contributed by atoms with Gasteiger partial charge >= 0.3 is 11.8 Å². The highest BCUT2D eigenvalue weighted by Gasteiger charge is 2.04. The normalized spacial score (nSPS) is 10.0. The van der Waals surface area contributed by atoms with Crippen LogP contribution < -0.4 is 11.2 Å². The molecule has 0 aliphatic heterocycles. The molecular formula is C8H8N4O2. The lowest BCUT2D eigenvalue weighted by Crippen LogP contribution is -2.32. The summed E-state index contributed by atoms with van der Waals surface area (Å²) in [6, 6.07) is 3.46. The first kappa shape index (κ1) is 9.85. The Bertz CT molecular complexity index is 361. The fraction of sp³-hybridized carbons (Fsp3) is 0. The Morgan fingerprint density at radius 1 is 1.57 bits per heavy atom. The van der Waals surface area contributed by atoms with E-state index in [2.05, 4.69) is 15.8 Å². The molecule has 0 saturated heterocycles. The molecule has 6 nitrogen and oxygen atoms in total. The first-order valence-corrected chi connectivity index (χ1v) is 3.73. The van der Waals surface area contributed by atoms with Gasteiger partial charge in [-0.15, -0.1) is 0 Å². The number of nitrogens with two attached hydrogens (primary N) is 1. The molecule has 3 N–H and O–H groups in total. The van der Waals surface area contributed by atoms with Crippen LogP contribution >= 0.6 is 0 Å². The Morgan fingerprint density at radius 3 is 2.93 bits per heavy atom. The van der Waals surface area contributed by atoms with E-state index in [4.69, 9.17) is 0 Å². The van der Waals surface area contributed by atoms with Crippen LogP contribution in [0.1, 0.15) is 5.56 Å². The molecule has 0 unspecified atom stereocenters. The second-order valence-electron chi connectivity index (χ2n) is 2.35. The van der Waals surface area contributed by atoms with Crippen LogP contribution in [-0.4, -0.2) is 23.0 Å². The Hall–Kier alpha value is -2.24. The molecule has 0 aliphatic rings. The number of carbonyl (C=O) groups excluding carboxylic acids is 2. The third-order valence-electron chi connectivity index (χ3n) is 1.29. The largest absolute Gasteiger partial charge is 0.361 e. The summed E-state index contributed by atoms with van der Waals surface area (Å²) in [6.45, 7) is 0. The van der Waals surface area contributed by atoms with Gasteiger partial charge in [0.25, 0.3) is 0 Å². The first-order chi connectivity index (χ1) is 6.70. The van der Waals surface area contributed by atoms with Gasteiger partial charge in [-0.2, -0.15) is 5.10 Å². The zero-order valence-electron chi connectivity index (χ0n) is 7.18. The van der Waals surface area contributed by atoms with Gasteiger partial charge in [-0.25, -0.2) is 5.43 Å². The number of carbonyl (C=O) groups is 2. The van der Waals surface area contributed by atoms with E-state index in [0.29, 0.717) is 5.56 Å². The van der Waals surface area contributed by atoms with Crippen LogP contribution in [0.5, 0.6) is 0 Å². The molecule has 1 heterocycles. The highest BCUT2D eigenvalue weighted by atomic mass is 16.2. The highest BCUT2D eigenvalue weighted by Crippen LogP contribution is 1.89. The first-order valence-electron chi connectivity index (χ1n) is 3.73. The summed E-state index contributed by atoms with van der Waals surface area (Å²) in [5.74, 6) is -2.03. The monoisotopic (exact) mass is 192 g/mol. The third kappa shape index (κ3) is 3.02. The van der Waals surface area contributed by atoms with Gasteiger partial charge in [0.2, 0.25) is 0 Å². The van der Waals surface area contributed by atoms with Crippen molar-refractivity contribution < 1.29 is 9.59 Å². The van der Waals surface area contributed by atoms with Crippen LogP contribution in [0.4, 0.5) is 0 Å². The molecule has 1 aromatic rings. The summed E-state index contributed by atoms with van der Waals surface area (Å²) in [6.07, 6.45) is 4.52. The number of hydrogen-bond acceptors (Lipinski definition) is 4. The van der Waals surface area contributed by atoms with Gasteiger partial charge in [0, 0.05) is 18.0 Å². The molecule has 1 rings (SSSR count). The Morgan fingerprint density at radius 2 is 2.36 bits per heavy atom. The summed E-state index contributed by atoms with van der Waals surface area (Å²) in [4.78, 5) is 24.7. The molecule has 0 atom stereocenters. The van der Waals surface area contributed by atoms with E-state index in [9.17, 15) is 9.59 Å². The molecule has 0 fully saturated rings. The average molecular weight is 192 g/mol. The number of primary amides is 1. The number of nitrogens with one attached hydrogen (secondary N) is 1. The van der Waals surface area contributed by atoms with E-state index < -0.39 is 11.8 Å². The summed E-state index contributed by atoms with van der Waals surface area (Å²) in [5.41, 5.74) is 7.34. The standard InChI is InChI=1S/C8H8N4O2/c9-7(13)8(14)12-11-5-6-2-1-3-10-4-6/h1-5H,(H2,9,13)(H,12,14)/b11-5-. The van der Waals surface area contributed by atoms with Gasteiger partial charge in [0.15, 0.2) is 0 Å². The predicted octanol–water partition coefficient (Wildman–Crippen LogP) is -0.983. The molecule has 0 aliphatic carbocycles. The van der Waals surface area contributed by atoms with Crippen molar-refractivity contribution in [3.63, 3.8) is 0 Å². The molecule has 6 heteroatoms. The lowest BCUT2D eigenvalue weighted by atomic mass is 10.3. The minimum atomic E-state index is -1.08. The number of pyridine rings is 1. The second-order valence-corrected chi connectivity index (χ2v) is 2.35. The van der Waals surface area contributed by atoms with Gasteiger partial charge in [-0.05, 0) is 6.07 Å².